The fraction of sp³-hybridized carbons (Fsp3) is 0.588. The van der Waals surface area contributed by atoms with Crippen LogP contribution in [-0.4, -0.2) is 41.0 Å². The van der Waals surface area contributed by atoms with E-state index in [0.717, 1.165) is 13.1 Å². The lowest BCUT2D eigenvalue weighted by molar-refractivity contribution is -0.904. The number of sulfonamides is 1. The van der Waals surface area contributed by atoms with Crippen LogP contribution in [0.25, 0.3) is 0 Å². The maximum absolute atomic E-state index is 12.3. The minimum absolute atomic E-state index is 0.0806. The van der Waals surface area contributed by atoms with Gasteiger partial charge in [-0.05, 0) is 38.1 Å². The molecule has 0 aromatic heterocycles. The van der Waals surface area contributed by atoms with Crippen LogP contribution in [0.1, 0.15) is 25.8 Å². The van der Waals surface area contributed by atoms with E-state index in [2.05, 4.69) is 23.9 Å². The third kappa shape index (κ3) is 4.78. The zero-order chi connectivity index (χ0) is 17.9. The molecule has 1 aliphatic rings. The number of aryl methyl sites for hydroxylation is 1. The smallest absolute Gasteiger partial charge is 0.279 e. The lowest BCUT2D eigenvalue weighted by atomic mass is 9.92. The number of hydrogen-bond donors (Lipinski definition) is 3. The van der Waals surface area contributed by atoms with Crippen LogP contribution >= 0.6 is 0 Å². The number of rotatable bonds is 5. The van der Waals surface area contributed by atoms with E-state index < -0.39 is 10.0 Å². The van der Waals surface area contributed by atoms with Crippen LogP contribution in [0.2, 0.25) is 0 Å². The summed E-state index contributed by atoms with van der Waals surface area (Å²) in [5.74, 6) is 1.18. The van der Waals surface area contributed by atoms with E-state index in [-0.39, 0.29) is 10.8 Å². The predicted molar refractivity (Wildman–Crippen MR) is 94.6 cm³/mol. The minimum atomic E-state index is -3.54. The van der Waals surface area contributed by atoms with Crippen LogP contribution in [0.4, 0.5) is 5.69 Å². The minimum Gasteiger partial charge on any atom is -0.327 e. The molecule has 1 amide bonds. The number of nitrogens with one attached hydrogen (secondary N) is 3. The van der Waals surface area contributed by atoms with Gasteiger partial charge in [0.1, 0.15) is 0 Å². The van der Waals surface area contributed by atoms with Gasteiger partial charge >= 0.3 is 0 Å². The van der Waals surface area contributed by atoms with E-state index in [4.69, 9.17) is 0 Å². The number of carbonyl (C=O) groups excluding carboxylic acids is 1. The van der Waals surface area contributed by atoms with Gasteiger partial charge < -0.3 is 10.2 Å². The number of likely N-dealkylation sites (tertiary alicyclic amines) is 1. The molecule has 1 aromatic rings. The molecule has 6 nitrogen and oxygen atoms in total. The Balaban J connectivity index is 2.05. The summed E-state index contributed by atoms with van der Waals surface area (Å²) in [6.45, 7) is 8.61. The van der Waals surface area contributed by atoms with E-state index in [1.165, 1.54) is 24.4 Å². The third-order valence-electron chi connectivity index (χ3n) is 4.52. The lowest BCUT2D eigenvalue weighted by Gasteiger charge is -2.31. The molecular formula is C17H28N3O3S+. The van der Waals surface area contributed by atoms with Crippen molar-refractivity contribution >= 4 is 21.6 Å². The Hall–Kier alpha value is -1.44. The first-order valence-electron chi connectivity index (χ1n) is 8.39. The van der Waals surface area contributed by atoms with Crippen LogP contribution in [0.15, 0.2) is 23.1 Å². The number of amides is 1. The second-order valence-corrected chi connectivity index (χ2v) is 8.87. The standard InChI is InChI=1S/C17H27N3O3S/c1-12-7-13(2)10-20(9-12)11-17(21)19-15-6-5-14(3)16(8-15)24(22,23)18-4/h5-6,8,12-13,18H,7,9-11H2,1-4H3,(H,19,21)/p+1/t12-,13-/m1/s1. The highest BCUT2D eigenvalue weighted by molar-refractivity contribution is 7.89. The van der Waals surface area contributed by atoms with Crippen LogP contribution < -0.4 is 14.9 Å². The number of carbonyl (C=O) groups is 1. The second-order valence-electron chi connectivity index (χ2n) is 7.02. The van der Waals surface area contributed by atoms with E-state index in [9.17, 15) is 13.2 Å². The Morgan fingerprint density at radius 1 is 1.25 bits per heavy atom. The molecule has 1 heterocycles. The van der Waals surface area contributed by atoms with Crippen molar-refractivity contribution in [2.45, 2.75) is 32.1 Å². The number of piperidine rings is 1. The van der Waals surface area contributed by atoms with Gasteiger partial charge in [0.05, 0.1) is 18.0 Å². The molecule has 0 bridgehead atoms. The van der Waals surface area contributed by atoms with Crippen molar-refractivity contribution in [2.75, 3.05) is 32.0 Å². The van der Waals surface area contributed by atoms with Crippen molar-refractivity contribution in [2.24, 2.45) is 11.8 Å². The zero-order valence-electron chi connectivity index (χ0n) is 14.8. The largest absolute Gasteiger partial charge is 0.327 e. The van der Waals surface area contributed by atoms with E-state index >= 15 is 0 Å². The third-order valence-corrected chi connectivity index (χ3v) is 6.08. The summed E-state index contributed by atoms with van der Waals surface area (Å²) in [5.41, 5.74) is 1.16. The van der Waals surface area contributed by atoms with Crippen LogP contribution in [-0.2, 0) is 14.8 Å². The zero-order valence-corrected chi connectivity index (χ0v) is 15.7. The molecule has 0 spiro atoms. The van der Waals surface area contributed by atoms with Crippen LogP contribution in [0.5, 0.6) is 0 Å². The van der Waals surface area contributed by atoms with Gasteiger partial charge in [-0.1, -0.05) is 19.9 Å². The molecule has 7 heteroatoms. The predicted octanol–water partition coefficient (Wildman–Crippen LogP) is 0.402. The Bertz CT molecular complexity index is 693. The Morgan fingerprint density at radius 3 is 2.46 bits per heavy atom. The number of hydrogen-bond acceptors (Lipinski definition) is 3. The summed E-state index contributed by atoms with van der Waals surface area (Å²) >= 11 is 0. The Kier molecular flexibility index (Phi) is 6.01. The fourth-order valence-corrected chi connectivity index (χ4v) is 4.57. The molecule has 1 saturated heterocycles. The molecule has 3 N–H and O–H groups in total. The van der Waals surface area contributed by atoms with Crippen LogP contribution in [0, 0.1) is 18.8 Å². The topological polar surface area (TPSA) is 79.7 Å². The molecule has 1 aromatic carbocycles. The highest BCUT2D eigenvalue weighted by Gasteiger charge is 2.26. The van der Waals surface area contributed by atoms with Crippen molar-refractivity contribution in [3.63, 3.8) is 0 Å². The summed E-state index contributed by atoms with van der Waals surface area (Å²) in [7, 11) is -2.16. The molecule has 0 radical (unpaired) electrons. The number of benzene rings is 1. The van der Waals surface area contributed by atoms with E-state index in [1.54, 1.807) is 19.1 Å². The second kappa shape index (κ2) is 7.63. The molecule has 24 heavy (non-hydrogen) atoms. The molecule has 0 aliphatic carbocycles. The van der Waals surface area contributed by atoms with Crippen molar-refractivity contribution in [1.82, 2.24) is 4.72 Å². The van der Waals surface area contributed by atoms with E-state index in [1.807, 2.05) is 0 Å². The highest BCUT2D eigenvalue weighted by Crippen LogP contribution is 2.19. The first-order valence-corrected chi connectivity index (χ1v) is 9.87. The fourth-order valence-electron chi connectivity index (χ4n) is 3.58. The number of quaternary nitrogens is 1. The Morgan fingerprint density at radius 2 is 1.88 bits per heavy atom. The lowest BCUT2D eigenvalue weighted by Crippen LogP contribution is -3.15. The molecule has 0 saturated carbocycles. The maximum Gasteiger partial charge on any atom is 0.279 e. The van der Waals surface area contributed by atoms with Gasteiger partial charge in [-0.2, -0.15) is 0 Å². The van der Waals surface area contributed by atoms with Crippen LogP contribution in [0.3, 0.4) is 0 Å². The van der Waals surface area contributed by atoms with Gasteiger partial charge in [-0.15, -0.1) is 0 Å². The highest BCUT2D eigenvalue weighted by atomic mass is 32.2. The summed E-state index contributed by atoms with van der Waals surface area (Å²) in [5, 5.41) is 2.83. The molecule has 134 valence electrons. The molecule has 2 rings (SSSR count). The summed E-state index contributed by atoms with van der Waals surface area (Å²) < 4.78 is 26.4. The molecular weight excluding hydrogens is 326 g/mol. The van der Waals surface area contributed by atoms with Gasteiger partial charge in [0.2, 0.25) is 10.0 Å². The van der Waals surface area contributed by atoms with Crippen molar-refractivity contribution in [3.8, 4) is 0 Å². The van der Waals surface area contributed by atoms with Gasteiger partial charge in [0.15, 0.2) is 6.54 Å². The molecule has 1 aliphatic heterocycles. The average Bonchev–Trinajstić information content (AvgIpc) is 2.47. The van der Waals surface area contributed by atoms with Crippen molar-refractivity contribution in [3.05, 3.63) is 23.8 Å². The average molecular weight is 354 g/mol. The van der Waals surface area contributed by atoms with Gasteiger partial charge in [-0.25, -0.2) is 13.1 Å². The SMILES string of the molecule is CNS(=O)(=O)c1cc(NC(=O)C[NH+]2C[C@H](C)C[C@@H](C)C2)ccc1C. The molecule has 0 unspecified atom stereocenters. The monoisotopic (exact) mass is 354 g/mol. The van der Waals surface area contributed by atoms with Gasteiger partial charge in [-0.3, -0.25) is 4.79 Å². The first-order chi connectivity index (χ1) is 11.2. The maximum atomic E-state index is 12.3. The van der Waals surface area contributed by atoms with Crippen molar-refractivity contribution < 1.29 is 18.1 Å². The molecule has 2 atom stereocenters. The summed E-state index contributed by atoms with van der Waals surface area (Å²) in [6, 6.07) is 4.95. The van der Waals surface area contributed by atoms with Crippen molar-refractivity contribution in [1.29, 1.82) is 0 Å². The normalized spacial score (nSPS) is 24.6. The summed E-state index contributed by atoms with van der Waals surface area (Å²) in [4.78, 5) is 13.8. The van der Waals surface area contributed by atoms with E-state index in [0.29, 0.717) is 29.6 Å². The summed E-state index contributed by atoms with van der Waals surface area (Å²) in [6.07, 6.45) is 1.22. The number of anilines is 1. The van der Waals surface area contributed by atoms with Gasteiger partial charge in [0.25, 0.3) is 5.91 Å². The first kappa shape index (κ1) is 18.9. The van der Waals surface area contributed by atoms with Gasteiger partial charge in [0, 0.05) is 17.5 Å². The quantitative estimate of drug-likeness (QED) is 0.716. The Labute approximate surface area is 144 Å². The molecule has 1 fully saturated rings.